The molecule has 0 saturated heterocycles. The monoisotopic (exact) mass is 555 g/mol. The van der Waals surface area contributed by atoms with Gasteiger partial charge in [0.05, 0.1) is 10.6 Å². The highest BCUT2D eigenvalue weighted by atomic mass is 35.5. The van der Waals surface area contributed by atoms with Crippen molar-refractivity contribution >= 4 is 39.1 Å². The van der Waals surface area contributed by atoms with Gasteiger partial charge in [-0.05, 0) is 68.7 Å². The van der Waals surface area contributed by atoms with Gasteiger partial charge in [-0.15, -0.1) is 0 Å². The van der Waals surface area contributed by atoms with Crippen molar-refractivity contribution in [1.29, 1.82) is 0 Å². The smallest absolute Gasteiger partial charge is 0.264 e. The fraction of sp³-hybridized carbons (Fsp3) is 0.310. The average Bonchev–Trinajstić information content (AvgIpc) is 2.89. The lowest BCUT2D eigenvalue weighted by Gasteiger charge is -2.33. The minimum Gasteiger partial charge on any atom is -0.355 e. The second kappa shape index (κ2) is 12.9. The number of carbonyl (C=O) groups excluding carboxylic acids is 2. The summed E-state index contributed by atoms with van der Waals surface area (Å²) in [5, 5.41) is 3.35. The minimum atomic E-state index is -4.09. The Balaban J connectivity index is 2.08. The molecule has 0 fully saturated rings. The SMILES string of the molecule is CCNC(=O)C(CC)N(Cc1ccc(Cl)cc1)C(=O)CN(c1ccc(C)cc1C)S(=O)(=O)c1ccccc1. The molecule has 0 aliphatic rings. The van der Waals surface area contributed by atoms with Gasteiger partial charge in [0.25, 0.3) is 10.0 Å². The van der Waals surface area contributed by atoms with Crippen LogP contribution < -0.4 is 9.62 Å². The summed E-state index contributed by atoms with van der Waals surface area (Å²) in [6.45, 7) is 7.44. The second-order valence-corrected chi connectivity index (χ2v) is 11.4. The zero-order valence-electron chi connectivity index (χ0n) is 22.1. The maximum atomic E-state index is 14.0. The van der Waals surface area contributed by atoms with Crippen LogP contribution in [0.15, 0.2) is 77.7 Å². The molecule has 0 heterocycles. The Kier molecular flexibility index (Phi) is 9.94. The van der Waals surface area contributed by atoms with Crippen LogP contribution in [0.4, 0.5) is 5.69 Å². The summed E-state index contributed by atoms with van der Waals surface area (Å²) in [5.74, 6) is -0.779. The fourth-order valence-electron chi connectivity index (χ4n) is 4.32. The zero-order chi connectivity index (χ0) is 27.9. The number of likely N-dealkylation sites (N-methyl/N-ethyl adjacent to an activating group) is 1. The molecule has 0 aromatic heterocycles. The van der Waals surface area contributed by atoms with Gasteiger partial charge in [-0.3, -0.25) is 13.9 Å². The Labute approximate surface area is 230 Å². The van der Waals surface area contributed by atoms with Crippen molar-refractivity contribution in [1.82, 2.24) is 10.2 Å². The number of sulfonamides is 1. The molecule has 0 spiro atoms. The Hall–Kier alpha value is -3.36. The third kappa shape index (κ3) is 6.94. The van der Waals surface area contributed by atoms with Crippen molar-refractivity contribution in [2.75, 3.05) is 17.4 Å². The predicted molar refractivity (Wildman–Crippen MR) is 152 cm³/mol. The number of hydrogen-bond donors (Lipinski definition) is 1. The third-order valence-corrected chi connectivity index (χ3v) is 8.26. The van der Waals surface area contributed by atoms with Crippen LogP contribution in [0.3, 0.4) is 0 Å². The summed E-state index contributed by atoms with van der Waals surface area (Å²) in [4.78, 5) is 28.5. The number of aryl methyl sites for hydroxylation is 2. The maximum absolute atomic E-state index is 14.0. The van der Waals surface area contributed by atoms with E-state index < -0.39 is 28.5 Å². The summed E-state index contributed by atoms with van der Waals surface area (Å²) in [5.41, 5.74) is 2.87. The lowest BCUT2D eigenvalue weighted by atomic mass is 10.1. The van der Waals surface area contributed by atoms with Crippen LogP contribution in [0.1, 0.15) is 37.0 Å². The van der Waals surface area contributed by atoms with Crippen LogP contribution in [0.5, 0.6) is 0 Å². The van der Waals surface area contributed by atoms with E-state index in [1.165, 1.54) is 17.0 Å². The molecule has 0 aliphatic carbocycles. The van der Waals surface area contributed by atoms with Gasteiger partial charge < -0.3 is 10.2 Å². The molecule has 3 aromatic rings. The van der Waals surface area contributed by atoms with Gasteiger partial charge in [0.1, 0.15) is 12.6 Å². The molecule has 0 aliphatic heterocycles. The van der Waals surface area contributed by atoms with Gasteiger partial charge >= 0.3 is 0 Å². The van der Waals surface area contributed by atoms with E-state index in [4.69, 9.17) is 11.6 Å². The van der Waals surface area contributed by atoms with E-state index in [-0.39, 0.29) is 17.3 Å². The number of hydrogen-bond acceptors (Lipinski definition) is 4. The first-order valence-electron chi connectivity index (χ1n) is 12.5. The van der Waals surface area contributed by atoms with Gasteiger partial charge in [-0.25, -0.2) is 8.42 Å². The van der Waals surface area contributed by atoms with Crippen molar-refractivity contribution < 1.29 is 18.0 Å². The lowest BCUT2D eigenvalue weighted by molar-refractivity contribution is -0.140. The largest absolute Gasteiger partial charge is 0.355 e. The molecule has 0 bridgehead atoms. The molecule has 2 amide bonds. The molecule has 3 aromatic carbocycles. The molecule has 38 heavy (non-hydrogen) atoms. The van der Waals surface area contributed by atoms with Crippen LogP contribution >= 0.6 is 11.6 Å². The first kappa shape index (κ1) is 29.2. The third-order valence-electron chi connectivity index (χ3n) is 6.23. The van der Waals surface area contributed by atoms with Crippen LogP contribution in [0.25, 0.3) is 0 Å². The molecule has 9 heteroatoms. The average molecular weight is 556 g/mol. The molecule has 0 saturated carbocycles. The Morgan fingerprint density at radius 2 is 1.61 bits per heavy atom. The lowest BCUT2D eigenvalue weighted by Crippen LogP contribution is -2.52. The number of anilines is 1. The van der Waals surface area contributed by atoms with Crippen molar-refractivity contribution in [3.63, 3.8) is 0 Å². The number of nitrogens with zero attached hydrogens (tertiary/aromatic N) is 2. The van der Waals surface area contributed by atoms with Gasteiger partial charge in [-0.1, -0.05) is 66.6 Å². The normalized spacial score (nSPS) is 12.0. The van der Waals surface area contributed by atoms with E-state index in [1.807, 2.05) is 39.8 Å². The molecule has 1 unspecified atom stereocenters. The van der Waals surface area contributed by atoms with Gasteiger partial charge in [0.2, 0.25) is 11.8 Å². The molecule has 1 atom stereocenters. The van der Waals surface area contributed by atoms with E-state index in [1.54, 1.807) is 48.5 Å². The quantitative estimate of drug-likeness (QED) is 0.357. The summed E-state index contributed by atoms with van der Waals surface area (Å²) in [6.07, 6.45) is 0.361. The predicted octanol–water partition coefficient (Wildman–Crippen LogP) is 5.10. The second-order valence-electron chi connectivity index (χ2n) is 9.08. The van der Waals surface area contributed by atoms with Crippen molar-refractivity contribution in [3.05, 3.63) is 94.5 Å². The Morgan fingerprint density at radius 1 is 0.947 bits per heavy atom. The molecule has 7 nitrogen and oxygen atoms in total. The van der Waals surface area contributed by atoms with E-state index >= 15 is 0 Å². The van der Waals surface area contributed by atoms with Gasteiger partial charge in [0.15, 0.2) is 0 Å². The van der Waals surface area contributed by atoms with E-state index in [9.17, 15) is 18.0 Å². The van der Waals surface area contributed by atoms with Crippen LogP contribution in [0, 0.1) is 13.8 Å². The Morgan fingerprint density at radius 3 is 2.18 bits per heavy atom. The highest BCUT2D eigenvalue weighted by molar-refractivity contribution is 7.92. The fourth-order valence-corrected chi connectivity index (χ4v) is 5.94. The summed E-state index contributed by atoms with van der Waals surface area (Å²) < 4.78 is 28.9. The molecule has 3 rings (SSSR count). The molecular weight excluding hydrogens is 522 g/mol. The number of benzene rings is 3. The van der Waals surface area contributed by atoms with Gasteiger partial charge in [0, 0.05) is 18.1 Å². The number of nitrogens with one attached hydrogen (secondary N) is 1. The standard InChI is InChI=1S/C29H34ClN3O4S/c1-5-26(29(35)31-6-2)32(19-23-13-15-24(30)16-14-23)28(34)20-33(27-17-12-21(3)18-22(27)4)38(36,37)25-10-8-7-9-11-25/h7-18,26H,5-6,19-20H2,1-4H3,(H,31,35). The van der Waals surface area contributed by atoms with Gasteiger partial charge in [-0.2, -0.15) is 0 Å². The van der Waals surface area contributed by atoms with Crippen molar-refractivity contribution in [2.45, 2.75) is 51.6 Å². The summed E-state index contributed by atoms with van der Waals surface area (Å²) in [6, 6.07) is 19.7. The number of amides is 2. The Bertz CT molecular complexity index is 1360. The molecular formula is C29H34ClN3O4S. The number of halogens is 1. The first-order valence-corrected chi connectivity index (χ1v) is 14.4. The highest BCUT2D eigenvalue weighted by Gasteiger charge is 2.34. The highest BCUT2D eigenvalue weighted by Crippen LogP contribution is 2.28. The minimum absolute atomic E-state index is 0.0767. The zero-order valence-corrected chi connectivity index (χ0v) is 23.7. The molecule has 202 valence electrons. The van der Waals surface area contributed by atoms with Crippen LogP contribution in [-0.4, -0.2) is 44.3 Å². The maximum Gasteiger partial charge on any atom is 0.264 e. The van der Waals surface area contributed by atoms with E-state index in [0.717, 1.165) is 21.0 Å². The van der Waals surface area contributed by atoms with Crippen LogP contribution in [-0.2, 0) is 26.2 Å². The van der Waals surface area contributed by atoms with E-state index in [0.29, 0.717) is 23.7 Å². The first-order chi connectivity index (χ1) is 18.1. The topological polar surface area (TPSA) is 86.8 Å². The van der Waals surface area contributed by atoms with Crippen molar-refractivity contribution in [3.8, 4) is 0 Å². The van der Waals surface area contributed by atoms with Crippen LogP contribution in [0.2, 0.25) is 5.02 Å². The summed E-state index contributed by atoms with van der Waals surface area (Å²) >= 11 is 6.05. The summed E-state index contributed by atoms with van der Waals surface area (Å²) in [7, 11) is -4.09. The van der Waals surface area contributed by atoms with Crippen molar-refractivity contribution in [2.24, 2.45) is 0 Å². The number of carbonyl (C=O) groups is 2. The molecule has 1 N–H and O–H groups in total. The van der Waals surface area contributed by atoms with E-state index in [2.05, 4.69) is 5.32 Å². The number of rotatable bonds is 11. The molecule has 0 radical (unpaired) electrons.